The van der Waals surface area contributed by atoms with Crippen LogP contribution in [0.25, 0.3) is 0 Å². The molecule has 1 rings (SSSR count). The zero-order valence-corrected chi connectivity index (χ0v) is 11.6. The number of benzene rings is 1. The van der Waals surface area contributed by atoms with Crippen LogP contribution in [0.3, 0.4) is 0 Å². The van der Waals surface area contributed by atoms with Crippen molar-refractivity contribution in [2.75, 3.05) is 12.8 Å². The molecular weight excluding hydrogens is 268 g/mol. The third-order valence-electron chi connectivity index (χ3n) is 2.49. The SMILES string of the molecule is CSc1ccc([N+](=O)[O-])c(C(=O)NCCC(C)O)c1. The molecule has 104 valence electrons. The number of amides is 1. The van der Waals surface area contributed by atoms with Crippen molar-refractivity contribution < 1.29 is 14.8 Å². The fourth-order valence-electron chi connectivity index (χ4n) is 1.47. The van der Waals surface area contributed by atoms with Crippen LogP contribution >= 0.6 is 11.8 Å². The molecule has 1 unspecified atom stereocenters. The van der Waals surface area contributed by atoms with E-state index in [1.165, 1.54) is 23.9 Å². The molecule has 0 saturated carbocycles. The number of nitrogens with zero attached hydrogens (tertiary/aromatic N) is 1. The second-order valence-electron chi connectivity index (χ2n) is 4.03. The Hall–Kier alpha value is -1.60. The van der Waals surface area contributed by atoms with Gasteiger partial charge in [-0.3, -0.25) is 14.9 Å². The molecule has 0 bridgehead atoms. The van der Waals surface area contributed by atoms with E-state index in [-0.39, 0.29) is 17.8 Å². The van der Waals surface area contributed by atoms with Crippen molar-refractivity contribution >= 4 is 23.4 Å². The molecular formula is C12H16N2O4S. The number of carbonyl (C=O) groups excluding carboxylic acids is 1. The molecule has 1 aromatic rings. The number of nitro groups is 1. The molecule has 1 atom stereocenters. The highest BCUT2D eigenvalue weighted by molar-refractivity contribution is 7.98. The van der Waals surface area contributed by atoms with Gasteiger partial charge in [0.2, 0.25) is 0 Å². The van der Waals surface area contributed by atoms with Crippen molar-refractivity contribution in [2.45, 2.75) is 24.3 Å². The van der Waals surface area contributed by atoms with Crippen LogP contribution in [0.15, 0.2) is 23.1 Å². The molecule has 0 spiro atoms. The Morgan fingerprint density at radius 2 is 2.26 bits per heavy atom. The molecule has 0 aliphatic heterocycles. The summed E-state index contributed by atoms with van der Waals surface area (Å²) in [6, 6.07) is 4.44. The van der Waals surface area contributed by atoms with Gasteiger partial charge in [-0.2, -0.15) is 0 Å². The van der Waals surface area contributed by atoms with Crippen LogP contribution in [0.1, 0.15) is 23.7 Å². The molecule has 0 aromatic heterocycles. The van der Waals surface area contributed by atoms with Gasteiger partial charge in [-0.15, -0.1) is 11.8 Å². The average Bonchev–Trinajstić information content (AvgIpc) is 2.37. The predicted octanol–water partition coefficient (Wildman–Crippen LogP) is 1.82. The number of aliphatic hydroxyl groups excluding tert-OH is 1. The van der Waals surface area contributed by atoms with Crippen molar-refractivity contribution in [1.82, 2.24) is 5.32 Å². The topological polar surface area (TPSA) is 92.5 Å². The molecule has 0 saturated heterocycles. The largest absolute Gasteiger partial charge is 0.393 e. The van der Waals surface area contributed by atoms with Crippen LogP contribution in [0.2, 0.25) is 0 Å². The smallest absolute Gasteiger partial charge is 0.282 e. The third kappa shape index (κ3) is 4.53. The number of thioether (sulfide) groups is 1. The maximum Gasteiger partial charge on any atom is 0.282 e. The van der Waals surface area contributed by atoms with Crippen LogP contribution in [0, 0.1) is 10.1 Å². The first-order valence-electron chi connectivity index (χ1n) is 5.74. The van der Waals surface area contributed by atoms with E-state index in [9.17, 15) is 14.9 Å². The molecule has 1 amide bonds. The molecule has 0 heterocycles. The van der Waals surface area contributed by atoms with Crippen LogP contribution in [-0.4, -0.2) is 34.8 Å². The Morgan fingerprint density at radius 1 is 1.58 bits per heavy atom. The van der Waals surface area contributed by atoms with Gasteiger partial charge in [0, 0.05) is 17.5 Å². The summed E-state index contributed by atoms with van der Waals surface area (Å²) in [5.41, 5.74) is -0.171. The molecule has 1 aromatic carbocycles. The Kier molecular flexibility index (Phi) is 5.78. The molecule has 0 aliphatic rings. The van der Waals surface area contributed by atoms with Gasteiger partial charge >= 0.3 is 0 Å². The van der Waals surface area contributed by atoms with Gasteiger partial charge < -0.3 is 10.4 Å². The summed E-state index contributed by atoms with van der Waals surface area (Å²) >= 11 is 1.41. The maximum absolute atomic E-state index is 11.9. The number of nitro benzene ring substituents is 1. The second kappa shape index (κ2) is 7.10. The van der Waals surface area contributed by atoms with Gasteiger partial charge in [0.05, 0.1) is 11.0 Å². The Labute approximate surface area is 115 Å². The van der Waals surface area contributed by atoms with Gasteiger partial charge in [-0.1, -0.05) is 0 Å². The van der Waals surface area contributed by atoms with Gasteiger partial charge in [0.25, 0.3) is 11.6 Å². The van der Waals surface area contributed by atoms with Gasteiger partial charge in [-0.05, 0) is 31.7 Å². The fraction of sp³-hybridized carbons (Fsp3) is 0.417. The average molecular weight is 284 g/mol. The van der Waals surface area contributed by atoms with Crippen LogP contribution in [0.5, 0.6) is 0 Å². The number of hydrogen-bond donors (Lipinski definition) is 2. The van der Waals surface area contributed by atoms with Crippen LogP contribution in [-0.2, 0) is 0 Å². The predicted molar refractivity (Wildman–Crippen MR) is 73.5 cm³/mol. The number of hydrogen-bond acceptors (Lipinski definition) is 5. The Bertz CT molecular complexity index is 477. The summed E-state index contributed by atoms with van der Waals surface area (Å²) in [7, 11) is 0. The van der Waals surface area contributed by atoms with Crippen molar-refractivity contribution in [3.8, 4) is 0 Å². The quantitative estimate of drug-likeness (QED) is 0.472. The van der Waals surface area contributed by atoms with Gasteiger partial charge in [0.15, 0.2) is 0 Å². The van der Waals surface area contributed by atoms with E-state index in [4.69, 9.17) is 5.11 Å². The van der Waals surface area contributed by atoms with Crippen LogP contribution in [0.4, 0.5) is 5.69 Å². The van der Waals surface area contributed by atoms with Crippen LogP contribution < -0.4 is 5.32 Å². The summed E-state index contributed by atoms with van der Waals surface area (Å²) in [4.78, 5) is 23.0. The normalized spacial score (nSPS) is 11.9. The van der Waals surface area contributed by atoms with E-state index in [2.05, 4.69) is 5.32 Å². The maximum atomic E-state index is 11.9. The summed E-state index contributed by atoms with van der Waals surface area (Å²) < 4.78 is 0. The van der Waals surface area contributed by atoms with E-state index in [1.807, 2.05) is 6.26 Å². The molecule has 19 heavy (non-hydrogen) atoms. The minimum Gasteiger partial charge on any atom is -0.393 e. The van der Waals surface area contributed by atoms with Crippen molar-refractivity contribution in [3.05, 3.63) is 33.9 Å². The lowest BCUT2D eigenvalue weighted by Crippen LogP contribution is -2.27. The number of rotatable bonds is 6. The first kappa shape index (κ1) is 15.5. The molecule has 0 fully saturated rings. The highest BCUT2D eigenvalue weighted by Crippen LogP contribution is 2.24. The third-order valence-corrected chi connectivity index (χ3v) is 3.22. The molecule has 7 heteroatoms. The van der Waals surface area contributed by atoms with Gasteiger partial charge in [0.1, 0.15) is 5.56 Å². The fourth-order valence-corrected chi connectivity index (χ4v) is 1.91. The standard InChI is InChI=1S/C12H16N2O4S/c1-8(15)5-6-13-12(16)10-7-9(19-2)3-4-11(10)14(17)18/h3-4,7-8,15H,5-6H2,1-2H3,(H,13,16). The number of aliphatic hydroxyl groups is 1. The monoisotopic (exact) mass is 284 g/mol. The minimum absolute atomic E-state index is 0.0439. The highest BCUT2D eigenvalue weighted by atomic mass is 32.2. The van der Waals surface area contributed by atoms with Crippen molar-refractivity contribution in [1.29, 1.82) is 0 Å². The minimum atomic E-state index is -0.576. The van der Waals surface area contributed by atoms with Gasteiger partial charge in [-0.25, -0.2) is 0 Å². The van der Waals surface area contributed by atoms with E-state index in [0.29, 0.717) is 6.42 Å². The molecule has 0 aliphatic carbocycles. The first-order chi connectivity index (χ1) is 8.95. The summed E-state index contributed by atoms with van der Waals surface area (Å²) in [6.07, 6.45) is 1.71. The van der Waals surface area contributed by atoms with Crippen molar-refractivity contribution in [2.24, 2.45) is 0 Å². The van der Waals surface area contributed by atoms with E-state index in [0.717, 1.165) is 4.90 Å². The van der Waals surface area contributed by atoms with E-state index in [1.54, 1.807) is 13.0 Å². The zero-order chi connectivity index (χ0) is 14.4. The van der Waals surface area contributed by atoms with Crippen molar-refractivity contribution in [3.63, 3.8) is 0 Å². The number of nitrogens with one attached hydrogen (secondary N) is 1. The lowest BCUT2D eigenvalue weighted by atomic mass is 10.1. The first-order valence-corrected chi connectivity index (χ1v) is 6.97. The Morgan fingerprint density at radius 3 is 2.79 bits per heavy atom. The lowest BCUT2D eigenvalue weighted by molar-refractivity contribution is -0.385. The number of carbonyl (C=O) groups is 1. The summed E-state index contributed by atoms with van der Waals surface area (Å²) in [5, 5.41) is 22.5. The summed E-state index contributed by atoms with van der Waals surface area (Å²) in [6.45, 7) is 1.89. The highest BCUT2D eigenvalue weighted by Gasteiger charge is 2.20. The summed E-state index contributed by atoms with van der Waals surface area (Å²) in [5.74, 6) is -0.497. The molecule has 6 nitrogen and oxygen atoms in total. The molecule has 0 radical (unpaired) electrons. The molecule has 2 N–H and O–H groups in total. The zero-order valence-electron chi connectivity index (χ0n) is 10.8. The van der Waals surface area contributed by atoms with E-state index < -0.39 is 16.9 Å². The van der Waals surface area contributed by atoms with E-state index >= 15 is 0 Å². The Balaban J connectivity index is 2.89. The lowest BCUT2D eigenvalue weighted by Gasteiger charge is -2.08. The second-order valence-corrected chi connectivity index (χ2v) is 4.91.